The van der Waals surface area contributed by atoms with Crippen LogP contribution in [0.15, 0.2) is 66.9 Å². The van der Waals surface area contributed by atoms with Crippen molar-refractivity contribution < 1.29 is 19.1 Å². The summed E-state index contributed by atoms with van der Waals surface area (Å²) in [7, 11) is 1.55. The Kier molecular flexibility index (Phi) is 6.07. The Morgan fingerprint density at radius 3 is 2.67 bits per heavy atom. The van der Waals surface area contributed by atoms with E-state index < -0.39 is 4.92 Å². The Morgan fingerprint density at radius 2 is 1.92 bits per heavy atom. The minimum atomic E-state index is -0.407. The number of anilines is 1. The highest BCUT2D eigenvalue weighted by Crippen LogP contribution is 2.46. The number of hydrogen-bond acceptors (Lipinski definition) is 7. The predicted octanol–water partition coefficient (Wildman–Crippen LogP) is 5.31. The summed E-state index contributed by atoms with van der Waals surface area (Å²) >= 11 is 5.88. The fourth-order valence-electron chi connectivity index (χ4n) is 5.41. The van der Waals surface area contributed by atoms with Gasteiger partial charge >= 0.3 is 0 Å². The van der Waals surface area contributed by atoms with E-state index in [1.54, 1.807) is 19.4 Å². The Bertz CT molecular complexity index is 1610. The molecule has 4 aromatic rings. The monoisotopic (exact) mass is 543 g/mol. The van der Waals surface area contributed by atoms with Crippen LogP contribution in [-0.2, 0) is 0 Å². The number of methoxy groups -OCH3 is 1. The van der Waals surface area contributed by atoms with Crippen molar-refractivity contribution in [3.8, 4) is 22.9 Å². The van der Waals surface area contributed by atoms with Crippen molar-refractivity contribution in [1.29, 1.82) is 0 Å². The minimum Gasteiger partial charge on any atom is -0.495 e. The van der Waals surface area contributed by atoms with Gasteiger partial charge < -0.3 is 29.0 Å². The number of aromatic nitrogens is 2. The first-order valence-corrected chi connectivity index (χ1v) is 12.7. The number of pyridine rings is 1. The van der Waals surface area contributed by atoms with Crippen molar-refractivity contribution in [2.75, 3.05) is 18.8 Å². The van der Waals surface area contributed by atoms with Gasteiger partial charge in [0.05, 0.1) is 35.5 Å². The van der Waals surface area contributed by atoms with Crippen LogP contribution >= 0.6 is 12.2 Å². The van der Waals surface area contributed by atoms with Crippen LogP contribution in [0.2, 0.25) is 0 Å². The van der Waals surface area contributed by atoms with E-state index in [-0.39, 0.29) is 24.6 Å². The average molecular weight is 544 g/mol. The summed E-state index contributed by atoms with van der Waals surface area (Å²) in [4.78, 5) is 17.9. The van der Waals surface area contributed by atoms with Crippen molar-refractivity contribution in [3.63, 3.8) is 0 Å². The van der Waals surface area contributed by atoms with Crippen LogP contribution in [0.25, 0.3) is 5.69 Å². The smallest absolute Gasteiger partial charge is 0.271 e. The summed E-state index contributed by atoms with van der Waals surface area (Å²) in [5.74, 6) is 1.87. The van der Waals surface area contributed by atoms with Crippen molar-refractivity contribution in [2.45, 2.75) is 25.9 Å². The fraction of sp³-hybridized carbons (Fsp3) is 0.214. The zero-order valence-electron chi connectivity index (χ0n) is 21.5. The SMILES string of the molecule is COc1ccc([N+](=O)[O-])cc1-n1c(C)cc([C@@H]2[C@@H](c3ccccn3)NC(=S)N2c2ccc3c(c2)OCO3)c1C. The lowest BCUT2D eigenvalue weighted by molar-refractivity contribution is -0.384. The van der Waals surface area contributed by atoms with Gasteiger partial charge in [-0.2, -0.15) is 0 Å². The van der Waals surface area contributed by atoms with E-state index in [1.165, 1.54) is 12.1 Å². The van der Waals surface area contributed by atoms with Gasteiger partial charge in [0.25, 0.3) is 5.69 Å². The highest BCUT2D eigenvalue weighted by molar-refractivity contribution is 7.80. The minimum absolute atomic E-state index is 0.0168. The van der Waals surface area contributed by atoms with Gasteiger partial charge in [-0.15, -0.1) is 0 Å². The first-order chi connectivity index (χ1) is 18.9. The topological polar surface area (TPSA) is 104 Å². The molecule has 1 N–H and O–H groups in total. The Balaban J connectivity index is 1.53. The number of nitro benzene ring substituents is 1. The standard InChI is InChI=1S/C28H25N5O5S/c1-16-12-20(17(2)31(16)22-13-19(33(34)35)8-9-23(22)36-3)27-26(21-6-4-5-11-29-21)30-28(39)32(27)18-7-10-24-25(14-18)38-15-37-24/h4-14,26-27H,15H2,1-3H3,(H,30,39)/t26-,27-/m1/s1. The van der Waals surface area contributed by atoms with Gasteiger partial charge in [-0.1, -0.05) is 6.07 Å². The van der Waals surface area contributed by atoms with Crippen molar-refractivity contribution in [3.05, 3.63) is 99.6 Å². The molecule has 0 amide bonds. The molecule has 10 nitrogen and oxygen atoms in total. The first-order valence-electron chi connectivity index (χ1n) is 12.3. The van der Waals surface area contributed by atoms with Gasteiger partial charge in [0.1, 0.15) is 5.75 Å². The summed E-state index contributed by atoms with van der Waals surface area (Å²) in [6.45, 7) is 4.14. The molecule has 2 aromatic carbocycles. The molecule has 6 rings (SSSR count). The van der Waals surface area contributed by atoms with Crippen LogP contribution < -0.4 is 24.4 Å². The molecule has 11 heteroatoms. The largest absolute Gasteiger partial charge is 0.495 e. The highest BCUT2D eigenvalue weighted by Gasteiger charge is 2.42. The Labute approximate surface area is 229 Å². The number of thiocarbonyl (C=S) groups is 1. The van der Waals surface area contributed by atoms with Crippen LogP contribution in [0.3, 0.4) is 0 Å². The van der Waals surface area contributed by atoms with Crippen molar-refractivity contribution in [1.82, 2.24) is 14.9 Å². The molecule has 2 aliphatic rings. The number of nitro groups is 1. The number of ether oxygens (including phenoxy) is 3. The molecule has 198 valence electrons. The summed E-state index contributed by atoms with van der Waals surface area (Å²) in [6.07, 6.45) is 1.76. The number of nitrogens with one attached hydrogen (secondary N) is 1. The third-order valence-corrected chi connectivity index (χ3v) is 7.45. The van der Waals surface area contributed by atoms with Crippen LogP contribution in [0.4, 0.5) is 11.4 Å². The molecular formula is C28H25N5O5S. The van der Waals surface area contributed by atoms with Crippen LogP contribution in [0, 0.1) is 24.0 Å². The van der Waals surface area contributed by atoms with Crippen LogP contribution in [-0.4, -0.2) is 33.5 Å². The number of hydrogen-bond donors (Lipinski definition) is 1. The van der Waals surface area contributed by atoms with Gasteiger partial charge in [0.2, 0.25) is 6.79 Å². The van der Waals surface area contributed by atoms with E-state index in [0.29, 0.717) is 28.0 Å². The van der Waals surface area contributed by atoms with E-state index in [2.05, 4.69) is 21.3 Å². The number of aryl methyl sites for hydroxylation is 1. The van der Waals surface area contributed by atoms with Gasteiger partial charge in [-0.3, -0.25) is 15.1 Å². The first kappa shape index (κ1) is 24.7. The molecule has 0 saturated carbocycles. The predicted molar refractivity (Wildman–Crippen MR) is 149 cm³/mol. The average Bonchev–Trinajstić information content (AvgIpc) is 3.63. The zero-order chi connectivity index (χ0) is 27.3. The summed E-state index contributed by atoms with van der Waals surface area (Å²) in [6, 6.07) is 17.7. The molecule has 39 heavy (non-hydrogen) atoms. The second-order valence-electron chi connectivity index (χ2n) is 9.31. The molecule has 2 aliphatic heterocycles. The second kappa shape index (κ2) is 9.59. The molecular weight excluding hydrogens is 518 g/mol. The molecule has 1 fully saturated rings. The Morgan fingerprint density at radius 1 is 1.10 bits per heavy atom. The third-order valence-electron chi connectivity index (χ3n) is 7.14. The van der Waals surface area contributed by atoms with E-state index in [1.807, 2.05) is 54.8 Å². The Hall–Kier alpha value is -4.64. The number of non-ortho nitro benzene ring substituents is 1. The zero-order valence-corrected chi connectivity index (χ0v) is 22.3. The number of fused-ring (bicyclic) bond motifs is 1. The van der Waals surface area contributed by atoms with Crippen LogP contribution in [0.1, 0.15) is 34.7 Å². The molecule has 4 heterocycles. The lowest BCUT2D eigenvalue weighted by atomic mass is 9.96. The third kappa shape index (κ3) is 4.11. The number of benzene rings is 2. The van der Waals surface area contributed by atoms with Crippen molar-refractivity contribution in [2.24, 2.45) is 0 Å². The highest BCUT2D eigenvalue weighted by atomic mass is 32.1. The quantitative estimate of drug-likeness (QED) is 0.197. The summed E-state index contributed by atoms with van der Waals surface area (Å²) in [5, 5.41) is 15.6. The lowest BCUT2D eigenvalue weighted by Gasteiger charge is -2.28. The number of rotatable bonds is 6. The van der Waals surface area contributed by atoms with Gasteiger partial charge in [0, 0.05) is 41.5 Å². The van der Waals surface area contributed by atoms with E-state index in [0.717, 1.165) is 28.3 Å². The van der Waals surface area contributed by atoms with Crippen LogP contribution in [0.5, 0.6) is 17.2 Å². The molecule has 0 unspecified atom stereocenters. The van der Waals surface area contributed by atoms with E-state index in [4.69, 9.17) is 26.4 Å². The molecule has 2 atom stereocenters. The molecule has 0 radical (unpaired) electrons. The van der Waals surface area contributed by atoms with Gasteiger partial charge in [-0.05, 0) is 68.0 Å². The maximum atomic E-state index is 11.6. The normalized spacial score (nSPS) is 17.8. The molecule has 1 saturated heterocycles. The lowest BCUT2D eigenvalue weighted by Crippen LogP contribution is -2.29. The molecule has 0 aliphatic carbocycles. The summed E-state index contributed by atoms with van der Waals surface area (Å²) < 4.78 is 18.7. The van der Waals surface area contributed by atoms with E-state index >= 15 is 0 Å². The maximum absolute atomic E-state index is 11.6. The van der Waals surface area contributed by atoms with Gasteiger partial charge in [-0.25, -0.2) is 0 Å². The summed E-state index contributed by atoms with van der Waals surface area (Å²) in [5.41, 5.74) is 5.03. The number of nitrogens with zero attached hydrogens (tertiary/aromatic N) is 4. The van der Waals surface area contributed by atoms with Crippen molar-refractivity contribution >= 4 is 28.7 Å². The van der Waals surface area contributed by atoms with E-state index in [9.17, 15) is 10.1 Å². The molecule has 0 spiro atoms. The molecule has 0 bridgehead atoms. The van der Waals surface area contributed by atoms with Gasteiger partial charge in [0.15, 0.2) is 16.6 Å². The maximum Gasteiger partial charge on any atom is 0.271 e. The molecule has 2 aromatic heterocycles. The fourth-order valence-corrected chi connectivity index (χ4v) is 5.75. The second-order valence-corrected chi connectivity index (χ2v) is 9.70.